The molecule has 0 N–H and O–H groups in total. The molecule has 0 heterocycles. The molecule has 0 amide bonds. The zero-order valence-corrected chi connectivity index (χ0v) is 41.7. The van der Waals surface area contributed by atoms with Gasteiger partial charge in [0.25, 0.3) is 0 Å². The van der Waals surface area contributed by atoms with Crippen molar-refractivity contribution in [1.82, 2.24) is 0 Å². The molecule has 366 valence electrons. The zero-order chi connectivity index (χ0) is 47.2. The van der Waals surface area contributed by atoms with Gasteiger partial charge in [0.2, 0.25) is 0 Å². The van der Waals surface area contributed by atoms with E-state index in [9.17, 15) is 14.4 Å². The van der Waals surface area contributed by atoms with E-state index in [0.717, 1.165) is 103 Å². The lowest BCUT2D eigenvalue weighted by molar-refractivity contribution is -0.167. The van der Waals surface area contributed by atoms with Crippen LogP contribution in [0.25, 0.3) is 0 Å². The highest BCUT2D eigenvalue weighted by Crippen LogP contribution is 2.13. The number of rotatable bonds is 45. The van der Waals surface area contributed by atoms with E-state index in [0.29, 0.717) is 12.8 Å². The maximum absolute atomic E-state index is 12.8. The van der Waals surface area contributed by atoms with Crippen molar-refractivity contribution in [2.45, 2.75) is 219 Å². The third-order valence-corrected chi connectivity index (χ3v) is 10.6. The second-order valence-electron chi connectivity index (χ2n) is 16.8. The van der Waals surface area contributed by atoms with Crippen molar-refractivity contribution in [3.05, 3.63) is 122 Å². The molecule has 0 radical (unpaired) electrons. The zero-order valence-electron chi connectivity index (χ0n) is 41.7. The fourth-order valence-corrected chi connectivity index (χ4v) is 6.74. The molecule has 1 unspecified atom stereocenters. The summed E-state index contributed by atoms with van der Waals surface area (Å²) in [6, 6.07) is 0. The van der Waals surface area contributed by atoms with E-state index in [2.05, 4.69) is 81.5 Å². The Balaban J connectivity index is 4.56. The summed E-state index contributed by atoms with van der Waals surface area (Å²) in [6.45, 7) is 6.30. The maximum Gasteiger partial charge on any atom is 0.306 e. The van der Waals surface area contributed by atoms with Gasteiger partial charge >= 0.3 is 17.9 Å². The quantitative estimate of drug-likeness (QED) is 0.0199. The molecule has 0 bridgehead atoms. The molecule has 0 aromatic rings. The van der Waals surface area contributed by atoms with Crippen molar-refractivity contribution in [2.75, 3.05) is 13.2 Å². The Kier molecular flexibility index (Phi) is 49.1. The maximum atomic E-state index is 12.8. The lowest BCUT2D eigenvalue weighted by atomic mass is 10.1. The minimum Gasteiger partial charge on any atom is -0.462 e. The average Bonchev–Trinajstić information content (AvgIpc) is 3.30. The molecule has 0 aliphatic heterocycles. The van der Waals surface area contributed by atoms with Crippen LogP contribution in [0.1, 0.15) is 213 Å². The third kappa shape index (κ3) is 50.7. The van der Waals surface area contributed by atoms with E-state index >= 15 is 0 Å². The van der Waals surface area contributed by atoms with Gasteiger partial charge in [-0.25, -0.2) is 0 Å². The van der Waals surface area contributed by atoms with Crippen LogP contribution in [0.3, 0.4) is 0 Å². The number of allylic oxidation sites excluding steroid dienone is 20. The molecule has 65 heavy (non-hydrogen) atoms. The summed E-state index contributed by atoms with van der Waals surface area (Å²) in [5.41, 5.74) is 0. The van der Waals surface area contributed by atoms with Gasteiger partial charge in [-0.3, -0.25) is 14.4 Å². The summed E-state index contributed by atoms with van der Waals surface area (Å²) in [4.78, 5) is 38.0. The lowest BCUT2D eigenvalue weighted by Gasteiger charge is -2.18. The van der Waals surface area contributed by atoms with Crippen LogP contribution in [-0.4, -0.2) is 37.2 Å². The van der Waals surface area contributed by atoms with E-state index in [1.807, 2.05) is 60.8 Å². The van der Waals surface area contributed by atoms with Gasteiger partial charge in [0.15, 0.2) is 6.10 Å². The van der Waals surface area contributed by atoms with Crippen molar-refractivity contribution in [1.29, 1.82) is 0 Å². The molecule has 0 fully saturated rings. The lowest BCUT2D eigenvalue weighted by Crippen LogP contribution is -2.30. The summed E-state index contributed by atoms with van der Waals surface area (Å²) in [7, 11) is 0. The Hall–Kier alpha value is -4.19. The molecule has 6 nitrogen and oxygen atoms in total. The molecule has 6 heteroatoms. The van der Waals surface area contributed by atoms with Crippen LogP contribution in [-0.2, 0) is 28.6 Å². The first kappa shape index (κ1) is 60.8. The van der Waals surface area contributed by atoms with Crippen LogP contribution in [0.15, 0.2) is 122 Å². The monoisotopic (exact) mass is 899 g/mol. The molecular formula is C59H94O6. The van der Waals surface area contributed by atoms with Gasteiger partial charge in [0.1, 0.15) is 13.2 Å². The van der Waals surface area contributed by atoms with Crippen molar-refractivity contribution < 1.29 is 28.6 Å². The first-order chi connectivity index (χ1) is 32.0. The fraction of sp³-hybridized carbons (Fsp3) is 0.610. The number of ether oxygens (including phenoxy) is 3. The van der Waals surface area contributed by atoms with Gasteiger partial charge in [-0.1, -0.05) is 226 Å². The van der Waals surface area contributed by atoms with E-state index < -0.39 is 6.10 Å². The molecule has 0 aromatic carbocycles. The number of carbonyl (C=O) groups excluding carboxylic acids is 3. The average molecular weight is 899 g/mol. The summed E-state index contributed by atoms with van der Waals surface area (Å²) in [5, 5.41) is 0. The van der Waals surface area contributed by atoms with E-state index in [-0.39, 0.29) is 37.5 Å². The molecule has 0 aromatic heterocycles. The van der Waals surface area contributed by atoms with Gasteiger partial charge in [-0.05, 0) is 89.9 Å². The van der Waals surface area contributed by atoms with Crippen LogP contribution in [0.2, 0.25) is 0 Å². The minimum atomic E-state index is -0.817. The molecular weight excluding hydrogens is 805 g/mol. The number of hydrogen-bond acceptors (Lipinski definition) is 6. The first-order valence-electron chi connectivity index (χ1n) is 26.1. The van der Waals surface area contributed by atoms with Gasteiger partial charge in [0, 0.05) is 19.3 Å². The highest BCUT2D eigenvalue weighted by molar-refractivity contribution is 5.71. The van der Waals surface area contributed by atoms with Crippen molar-refractivity contribution >= 4 is 17.9 Å². The molecule has 0 rings (SSSR count). The van der Waals surface area contributed by atoms with Crippen molar-refractivity contribution in [3.63, 3.8) is 0 Å². The highest BCUT2D eigenvalue weighted by Gasteiger charge is 2.19. The Morgan fingerprint density at radius 2 is 0.677 bits per heavy atom. The molecule has 0 saturated carbocycles. The largest absolute Gasteiger partial charge is 0.462 e. The van der Waals surface area contributed by atoms with Crippen LogP contribution < -0.4 is 0 Å². The summed E-state index contributed by atoms with van der Waals surface area (Å²) in [5.74, 6) is -0.997. The molecule has 0 aliphatic carbocycles. The predicted octanol–water partition coefficient (Wildman–Crippen LogP) is 17.3. The Labute approximate surface area is 399 Å². The van der Waals surface area contributed by atoms with Crippen LogP contribution >= 0.6 is 0 Å². The van der Waals surface area contributed by atoms with Gasteiger partial charge in [0.05, 0.1) is 0 Å². The van der Waals surface area contributed by atoms with E-state index in [1.54, 1.807) is 0 Å². The first-order valence-corrected chi connectivity index (χ1v) is 26.1. The summed E-state index contributed by atoms with van der Waals surface area (Å²) < 4.78 is 16.7. The highest BCUT2D eigenvalue weighted by atomic mass is 16.6. The van der Waals surface area contributed by atoms with Crippen molar-refractivity contribution in [3.8, 4) is 0 Å². The minimum absolute atomic E-state index is 0.111. The summed E-state index contributed by atoms with van der Waals surface area (Å²) in [6.07, 6.45) is 71.8. The fourth-order valence-electron chi connectivity index (χ4n) is 6.74. The number of unbranched alkanes of at least 4 members (excludes halogenated alkanes) is 20. The Morgan fingerprint density at radius 1 is 0.338 bits per heavy atom. The molecule has 0 spiro atoms. The molecule has 0 aliphatic rings. The van der Waals surface area contributed by atoms with Gasteiger partial charge in [-0.15, -0.1) is 0 Å². The SMILES string of the molecule is CC\C=C/C=C\C=C/C=C\C=C\C=C/CCCCCC(=O)OCC(COC(=O)CCCCCCCCC/C=C\C/C=C\CC)OC(=O)CCCCC/C=C\C=C/CCCCCCCCC. The third-order valence-electron chi connectivity index (χ3n) is 10.6. The van der Waals surface area contributed by atoms with Gasteiger partial charge < -0.3 is 14.2 Å². The van der Waals surface area contributed by atoms with Gasteiger partial charge in [-0.2, -0.15) is 0 Å². The van der Waals surface area contributed by atoms with Crippen molar-refractivity contribution in [2.24, 2.45) is 0 Å². The predicted molar refractivity (Wildman–Crippen MR) is 279 cm³/mol. The number of esters is 3. The number of hydrogen-bond donors (Lipinski definition) is 0. The molecule has 1 atom stereocenters. The summed E-state index contributed by atoms with van der Waals surface area (Å²) >= 11 is 0. The van der Waals surface area contributed by atoms with Crippen LogP contribution in [0.4, 0.5) is 0 Å². The molecule has 0 saturated heterocycles. The van der Waals surface area contributed by atoms with E-state index in [1.165, 1.54) is 70.6 Å². The second kappa shape index (κ2) is 52.4. The normalized spacial score (nSPS) is 13.1. The Bertz CT molecular complexity index is 1400. The second-order valence-corrected chi connectivity index (χ2v) is 16.8. The van der Waals surface area contributed by atoms with Crippen LogP contribution in [0, 0.1) is 0 Å². The smallest absolute Gasteiger partial charge is 0.306 e. The van der Waals surface area contributed by atoms with E-state index in [4.69, 9.17) is 14.2 Å². The topological polar surface area (TPSA) is 78.9 Å². The van der Waals surface area contributed by atoms with Crippen LogP contribution in [0.5, 0.6) is 0 Å². The number of carbonyl (C=O) groups is 3. The standard InChI is InChI=1S/C59H94O6/c1-4-7-10-13-16-19-22-25-28-30-32-34-37-40-43-46-49-52-58(61)64-55-56(54-63-57(60)51-48-45-42-39-36-33-27-24-21-18-15-12-9-6-3)65-59(62)53-50-47-44-41-38-35-31-29-26-23-20-17-14-11-8-5-2/h7,9-10,12-13,16,18-19,21-22,25,28-32,34-35,37-38,56H,4-6,8,11,14-15,17,20,23-24,26-27,33,36,39-55H2,1-3H3/b10-7-,12-9-,16-13-,21-18-,22-19-,28-25-,31-29-,32-30+,37-34-,38-35-. The Morgan fingerprint density at radius 3 is 1.14 bits per heavy atom.